The van der Waals surface area contributed by atoms with E-state index in [2.05, 4.69) is 20.9 Å². The number of hydrogen-bond acceptors (Lipinski definition) is 5. The molecule has 0 radical (unpaired) electrons. The Labute approximate surface area is 105 Å². The van der Waals surface area contributed by atoms with E-state index in [1.807, 2.05) is 6.07 Å². The molecule has 6 heteroatoms. The van der Waals surface area contributed by atoms with Gasteiger partial charge in [0.2, 0.25) is 0 Å². The third kappa shape index (κ3) is 2.20. The van der Waals surface area contributed by atoms with Crippen molar-refractivity contribution in [2.45, 2.75) is 12.2 Å². The van der Waals surface area contributed by atoms with Gasteiger partial charge in [-0.25, -0.2) is 4.98 Å². The molecule has 0 saturated heterocycles. The predicted molar refractivity (Wildman–Crippen MR) is 68.8 cm³/mol. The van der Waals surface area contributed by atoms with Gasteiger partial charge in [-0.3, -0.25) is 0 Å². The van der Waals surface area contributed by atoms with Gasteiger partial charge in [0, 0.05) is 5.33 Å². The number of thiazole rings is 1. The third-order valence-electron chi connectivity index (χ3n) is 2.29. The number of hydrogen-bond donors (Lipinski definition) is 3. The van der Waals surface area contributed by atoms with Crippen molar-refractivity contribution in [2.75, 3.05) is 11.1 Å². The lowest BCUT2D eigenvalue weighted by Crippen LogP contribution is -2.19. The summed E-state index contributed by atoms with van der Waals surface area (Å²) in [4.78, 5) is 4.13. The number of aliphatic hydroxyl groups excluding tert-OH is 2. The fraction of sp³-hybridized carbons (Fsp3) is 0.300. The lowest BCUT2D eigenvalue weighted by molar-refractivity contribution is 0.0343. The maximum absolute atomic E-state index is 9.82. The Kier molecular flexibility index (Phi) is 3.44. The van der Waals surface area contributed by atoms with E-state index >= 15 is 0 Å². The number of rotatable bonds is 3. The first kappa shape index (κ1) is 11.8. The Morgan fingerprint density at radius 1 is 1.44 bits per heavy atom. The lowest BCUT2D eigenvalue weighted by Gasteiger charge is -2.15. The number of nitrogen functional groups attached to an aromatic ring is 1. The molecule has 0 fully saturated rings. The number of nitrogens with two attached hydrogens (primary N) is 1. The number of benzene rings is 1. The Balaban J connectivity index is 2.38. The summed E-state index contributed by atoms with van der Waals surface area (Å²) in [6.45, 7) is 0. The summed E-state index contributed by atoms with van der Waals surface area (Å²) in [5.74, 6) is 0. The molecule has 1 aromatic carbocycles. The molecule has 2 rings (SSSR count). The van der Waals surface area contributed by atoms with Gasteiger partial charge in [0.05, 0.1) is 16.3 Å². The summed E-state index contributed by atoms with van der Waals surface area (Å²) in [6, 6.07) is 5.37. The SMILES string of the molecule is Nc1nc2cc(C(O)C(O)CBr)ccc2s1. The van der Waals surface area contributed by atoms with Gasteiger partial charge in [-0.2, -0.15) is 0 Å². The van der Waals surface area contributed by atoms with Crippen LogP contribution in [0.2, 0.25) is 0 Å². The summed E-state index contributed by atoms with van der Waals surface area (Å²) in [5, 5.41) is 20.2. The molecule has 86 valence electrons. The zero-order chi connectivity index (χ0) is 11.7. The number of anilines is 1. The van der Waals surface area contributed by atoms with Crippen molar-refractivity contribution >= 4 is 42.6 Å². The molecular formula is C10H11BrN2O2S. The van der Waals surface area contributed by atoms with E-state index in [1.165, 1.54) is 11.3 Å². The molecule has 2 atom stereocenters. The standard InChI is InChI=1S/C10H11BrN2O2S/c11-4-7(14)9(15)5-1-2-8-6(3-5)13-10(12)16-8/h1-3,7,9,14-15H,4H2,(H2,12,13). The van der Waals surface area contributed by atoms with Crippen molar-refractivity contribution in [3.8, 4) is 0 Å². The molecule has 2 aromatic rings. The molecule has 16 heavy (non-hydrogen) atoms. The van der Waals surface area contributed by atoms with Crippen LogP contribution in [0.1, 0.15) is 11.7 Å². The zero-order valence-electron chi connectivity index (χ0n) is 8.30. The van der Waals surface area contributed by atoms with Gasteiger partial charge < -0.3 is 15.9 Å². The zero-order valence-corrected chi connectivity index (χ0v) is 10.7. The Bertz CT molecular complexity index is 503. The van der Waals surface area contributed by atoms with Crippen LogP contribution in [0.25, 0.3) is 10.2 Å². The first-order chi connectivity index (χ1) is 7.61. The molecule has 4 nitrogen and oxygen atoms in total. The minimum absolute atomic E-state index is 0.325. The largest absolute Gasteiger partial charge is 0.389 e. The van der Waals surface area contributed by atoms with Crippen molar-refractivity contribution in [1.29, 1.82) is 0 Å². The number of nitrogens with zero attached hydrogens (tertiary/aromatic N) is 1. The van der Waals surface area contributed by atoms with Crippen molar-refractivity contribution in [3.63, 3.8) is 0 Å². The maximum Gasteiger partial charge on any atom is 0.181 e. The van der Waals surface area contributed by atoms with Crippen molar-refractivity contribution in [2.24, 2.45) is 0 Å². The first-order valence-electron chi connectivity index (χ1n) is 4.70. The van der Waals surface area contributed by atoms with Crippen molar-refractivity contribution in [1.82, 2.24) is 4.98 Å². The topological polar surface area (TPSA) is 79.4 Å². The van der Waals surface area contributed by atoms with E-state index in [1.54, 1.807) is 12.1 Å². The summed E-state index contributed by atoms with van der Waals surface area (Å²) in [7, 11) is 0. The molecule has 0 aliphatic heterocycles. The monoisotopic (exact) mass is 302 g/mol. The smallest absolute Gasteiger partial charge is 0.181 e. The van der Waals surface area contributed by atoms with E-state index in [9.17, 15) is 10.2 Å². The first-order valence-corrected chi connectivity index (χ1v) is 6.63. The van der Waals surface area contributed by atoms with Gasteiger partial charge >= 0.3 is 0 Å². The van der Waals surface area contributed by atoms with Crippen LogP contribution in [0.5, 0.6) is 0 Å². The average molecular weight is 303 g/mol. The van der Waals surface area contributed by atoms with Gasteiger partial charge in [0.25, 0.3) is 0 Å². The molecule has 1 heterocycles. The summed E-state index contributed by atoms with van der Waals surface area (Å²) in [6.07, 6.45) is -1.74. The Hall–Kier alpha value is -0.690. The molecule has 1 aromatic heterocycles. The van der Waals surface area contributed by atoms with Crippen LogP contribution in [0.15, 0.2) is 18.2 Å². The molecular weight excluding hydrogens is 292 g/mol. The quantitative estimate of drug-likeness (QED) is 0.754. The van der Waals surface area contributed by atoms with Crippen molar-refractivity contribution < 1.29 is 10.2 Å². The van der Waals surface area contributed by atoms with E-state index < -0.39 is 12.2 Å². The van der Waals surface area contributed by atoms with Crippen LogP contribution in [0.3, 0.4) is 0 Å². The molecule has 0 spiro atoms. The lowest BCUT2D eigenvalue weighted by atomic mass is 10.1. The molecule has 2 unspecified atom stereocenters. The minimum atomic E-state index is -0.910. The second kappa shape index (κ2) is 4.67. The fourth-order valence-corrected chi connectivity index (χ4v) is 2.52. The van der Waals surface area contributed by atoms with E-state index in [0.717, 1.165) is 10.2 Å². The fourth-order valence-electron chi connectivity index (χ4n) is 1.45. The van der Waals surface area contributed by atoms with Gasteiger partial charge in [-0.05, 0) is 17.7 Å². The number of alkyl halides is 1. The highest BCUT2D eigenvalue weighted by Crippen LogP contribution is 2.27. The second-order valence-corrected chi connectivity index (χ2v) is 5.16. The Morgan fingerprint density at radius 3 is 2.88 bits per heavy atom. The molecule has 0 bridgehead atoms. The molecule has 0 saturated carbocycles. The van der Waals surface area contributed by atoms with Crippen LogP contribution >= 0.6 is 27.3 Å². The number of aliphatic hydroxyl groups is 2. The number of fused-ring (bicyclic) bond motifs is 1. The van der Waals surface area contributed by atoms with Crippen LogP contribution in [0.4, 0.5) is 5.13 Å². The van der Waals surface area contributed by atoms with Gasteiger partial charge in [0.15, 0.2) is 5.13 Å². The molecule has 0 amide bonds. The summed E-state index contributed by atoms with van der Waals surface area (Å²) >= 11 is 4.52. The second-order valence-electron chi connectivity index (χ2n) is 3.45. The van der Waals surface area contributed by atoms with Gasteiger partial charge in [-0.15, -0.1) is 0 Å². The summed E-state index contributed by atoms with van der Waals surface area (Å²) < 4.78 is 0.974. The number of aromatic nitrogens is 1. The number of halogens is 1. The molecule has 4 N–H and O–H groups in total. The Morgan fingerprint density at radius 2 is 2.19 bits per heavy atom. The highest BCUT2D eigenvalue weighted by Gasteiger charge is 2.17. The predicted octanol–water partition coefficient (Wildman–Crippen LogP) is 1.67. The van der Waals surface area contributed by atoms with E-state index in [-0.39, 0.29) is 0 Å². The average Bonchev–Trinajstić information content (AvgIpc) is 2.65. The van der Waals surface area contributed by atoms with E-state index in [4.69, 9.17) is 5.73 Å². The van der Waals surface area contributed by atoms with Crippen molar-refractivity contribution in [3.05, 3.63) is 23.8 Å². The molecule has 0 aliphatic carbocycles. The van der Waals surface area contributed by atoms with E-state index in [0.29, 0.717) is 16.0 Å². The third-order valence-corrected chi connectivity index (χ3v) is 3.82. The normalized spacial score (nSPS) is 15.2. The van der Waals surface area contributed by atoms with Gasteiger partial charge in [0.1, 0.15) is 6.10 Å². The van der Waals surface area contributed by atoms with Gasteiger partial charge in [-0.1, -0.05) is 33.3 Å². The molecule has 0 aliphatic rings. The summed E-state index contributed by atoms with van der Waals surface area (Å²) in [5.41, 5.74) is 6.98. The highest BCUT2D eigenvalue weighted by molar-refractivity contribution is 9.09. The highest BCUT2D eigenvalue weighted by atomic mass is 79.9. The maximum atomic E-state index is 9.82. The van der Waals surface area contributed by atoms with Crippen LogP contribution in [-0.2, 0) is 0 Å². The van der Waals surface area contributed by atoms with Crippen LogP contribution < -0.4 is 5.73 Å². The van der Waals surface area contributed by atoms with Crippen LogP contribution in [0, 0.1) is 0 Å². The van der Waals surface area contributed by atoms with Crippen LogP contribution in [-0.4, -0.2) is 26.6 Å². The minimum Gasteiger partial charge on any atom is -0.389 e.